The van der Waals surface area contributed by atoms with Crippen LogP contribution in [0.2, 0.25) is 0 Å². The first-order chi connectivity index (χ1) is 7.37. The van der Waals surface area contributed by atoms with Crippen LogP contribution in [-0.4, -0.2) is 47.9 Å². The lowest BCUT2D eigenvalue weighted by Gasteiger charge is -2.24. The summed E-state index contributed by atoms with van der Waals surface area (Å²) >= 11 is 5.62. The average molecular weight is 256 g/mol. The summed E-state index contributed by atoms with van der Waals surface area (Å²) in [7, 11) is 0. The molecule has 2 atom stereocenters. The van der Waals surface area contributed by atoms with Crippen molar-refractivity contribution in [2.24, 2.45) is 0 Å². The second-order valence-corrected chi connectivity index (χ2v) is 4.61. The van der Waals surface area contributed by atoms with Crippen LogP contribution >= 0.6 is 11.6 Å². The molecule has 0 aromatic rings. The molecule has 16 heavy (non-hydrogen) atoms. The summed E-state index contributed by atoms with van der Waals surface area (Å²) in [5, 5.41) is -0.780. The van der Waals surface area contributed by atoms with Crippen molar-refractivity contribution >= 4 is 17.5 Å². The van der Waals surface area contributed by atoms with E-state index in [0.29, 0.717) is 6.61 Å². The van der Waals surface area contributed by atoms with Crippen LogP contribution in [0.3, 0.4) is 0 Å². The summed E-state index contributed by atoms with van der Waals surface area (Å²) in [5.74, 6) is -3.29. The number of carbonyl (C=O) groups excluding carboxylic acids is 1. The van der Waals surface area contributed by atoms with Gasteiger partial charge in [-0.05, 0) is 13.8 Å². The number of alkyl halides is 3. The van der Waals surface area contributed by atoms with Gasteiger partial charge in [-0.25, -0.2) is 8.78 Å². The quantitative estimate of drug-likeness (QED) is 0.718. The zero-order chi connectivity index (χ0) is 12.3. The number of likely N-dealkylation sites (tertiary alicyclic amines) is 1. The summed E-state index contributed by atoms with van der Waals surface area (Å²) in [5.41, 5.74) is 0. The summed E-state index contributed by atoms with van der Waals surface area (Å²) in [6.07, 6.45) is -0.345. The Labute approximate surface area is 98.7 Å². The predicted molar refractivity (Wildman–Crippen MR) is 56.9 cm³/mol. The molecule has 1 heterocycles. The number of nitrogens with zero attached hydrogens (tertiary/aromatic N) is 1. The highest BCUT2D eigenvalue weighted by Crippen LogP contribution is 2.32. The maximum absolute atomic E-state index is 13.2. The molecule has 94 valence electrons. The fraction of sp³-hybridized carbons (Fsp3) is 0.900. The SMILES string of the molecule is CCOC[C@@H]1CC(F)(F)CN1C(=O)[C@@H](C)Cl. The number of ether oxygens (including phenoxy) is 1. The van der Waals surface area contributed by atoms with Gasteiger partial charge in [0.05, 0.1) is 19.2 Å². The monoisotopic (exact) mass is 255 g/mol. The summed E-state index contributed by atoms with van der Waals surface area (Å²) in [6.45, 7) is 3.30. The van der Waals surface area contributed by atoms with Crippen molar-refractivity contribution in [3.05, 3.63) is 0 Å². The third-order valence-electron chi connectivity index (χ3n) is 2.51. The molecule has 0 bridgehead atoms. The van der Waals surface area contributed by atoms with Crippen molar-refractivity contribution in [1.29, 1.82) is 0 Å². The fourth-order valence-corrected chi connectivity index (χ4v) is 1.91. The van der Waals surface area contributed by atoms with Crippen molar-refractivity contribution in [2.75, 3.05) is 19.8 Å². The molecular formula is C10H16ClF2NO2. The zero-order valence-corrected chi connectivity index (χ0v) is 10.1. The summed E-state index contributed by atoms with van der Waals surface area (Å²) in [6, 6.07) is -0.566. The van der Waals surface area contributed by atoms with Gasteiger partial charge in [0, 0.05) is 13.0 Å². The van der Waals surface area contributed by atoms with E-state index in [4.69, 9.17) is 16.3 Å². The van der Waals surface area contributed by atoms with E-state index in [1.165, 1.54) is 6.92 Å². The minimum absolute atomic E-state index is 0.140. The van der Waals surface area contributed by atoms with Crippen LogP contribution in [0, 0.1) is 0 Å². The van der Waals surface area contributed by atoms with Crippen molar-refractivity contribution < 1.29 is 18.3 Å². The Morgan fingerprint density at radius 2 is 2.31 bits per heavy atom. The molecule has 1 aliphatic rings. The Morgan fingerprint density at radius 3 is 2.81 bits per heavy atom. The van der Waals surface area contributed by atoms with Crippen LogP contribution in [0.1, 0.15) is 20.3 Å². The highest BCUT2D eigenvalue weighted by molar-refractivity contribution is 6.30. The van der Waals surface area contributed by atoms with E-state index in [-0.39, 0.29) is 13.0 Å². The molecule has 0 unspecified atom stereocenters. The Bertz CT molecular complexity index is 261. The van der Waals surface area contributed by atoms with Crippen molar-refractivity contribution in [2.45, 2.75) is 37.6 Å². The van der Waals surface area contributed by atoms with Gasteiger partial charge in [-0.2, -0.15) is 0 Å². The van der Waals surface area contributed by atoms with Crippen LogP contribution in [0.25, 0.3) is 0 Å². The van der Waals surface area contributed by atoms with Crippen LogP contribution < -0.4 is 0 Å². The van der Waals surface area contributed by atoms with E-state index in [9.17, 15) is 13.6 Å². The van der Waals surface area contributed by atoms with E-state index in [0.717, 1.165) is 4.90 Å². The fourth-order valence-electron chi connectivity index (χ4n) is 1.79. The van der Waals surface area contributed by atoms with Crippen LogP contribution in [0.5, 0.6) is 0 Å². The molecule has 1 rings (SSSR count). The smallest absolute Gasteiger partial charge is 0.267 e. The van der Waals surface area contributed by atoms with Crippen molar-refractivity contribution in [3.8, 4) is 0 Å². The van der Waals surface area contributed by atoms with Crippen LogP contribution in [0.4, 0.5) is 8.78 Å². The Kier molecular flexibility index (Phi) is 4.50. The third-order valence-corrected chi connectivity index (χ3v) is 2.70. The standard InChI is InChI=1S/C10H16ClF2NO2/c1-3-16-5-8-4-10(12,13)6-14(8)9(15)7(2)11/h7-8H,3-6H2,1-2H3/t7-,8+/m1/s1. The molecule has 0 aromatic heterocycles. The second kappa shape index (κ2) is 5.27. The molecule has 1 aliphatic heterocycles. The Balaban J connectivity index is 2.68. The zero-order valence-electron chi connectivity index (χ0n) is 9.38. The van der Waals surface area contributed by atoms with Gasteiger partial charge in [0.1, 0.15) is 5.38 Å². The summed E-state index contributed by atoms with van der Waals surface area (Å²) < 4.78 is 31.5. The first-order valence-corrected chi connectivity index (χ1v) is 5.71. The molecule has 1 amide bonds. The number of carbonyl (C=O) groups is 1. The number of amides is 1. The normalized spacial score (nSPS) is 25.8. The minimum atomic E-state index is -2.83. The average Bonchev–Trinajstić information content (AvgIpc) is 2.49. The number of hydrogen-bond acceptors (Lipinski definition) is 2. The molecule has 1 fully saturated rings. The van der Waals surface area contributed by atoms with Gasteiger partial charge < -0.3 is 9.64 Å². The predicted octanol–water partition coefficient (Wildman–Crippen LogP) is 1.89. The van der Waals surface area contributed by atoms with Gasteiger partial charge in [-0.3, -0.25) is 4.79 Å². The maximum Gasteiger partial charge on any atom is 0.267 e. The van der Waals surface area contributed by atoms with Gasteiger partial charge >= 0.3 is 0 Å². The topological polar surface area (TPSA) is 29.5 Å². The van der Waals surface area contributed by atoms with E-state index in [2.05, 4.69) is 0 Å². The number of halogens is 3. The van der Waals surface area contributed by atoms with Crippen molar-refractivity contribution in [1.82, 2.24) is 4.90 Å². The van der Waals surface area contributed by atoms with Gasteiger partial charge in [-0.15, -0.1) is 11.6 Å². The van der Waals surface area contributed by atoms with E-state index in [1.54, 1.807) is 6.92 Å². The summed E-state index contributed by atoms with van der Waals surface area (Å²) in [4.78, 5) is 12.7. The lowest BCUT2D eigenvalue weighted by molar-refractivity contribution is -0.133. The Morgan fingerprint density at radius 1 is 1.69 bits per heavy atom. The molecule has 0 aromatic carbocycles. The van der Waals surface area contributed by atoms with Gasteiger partial charge in [0.25, 0.3) is 5.92 Å². The first-order valence-electron chi connectivity index (χ1n) is 5.27. The van der Waals surface area contributed by atoms with Crippen LogP contribution in [-0.2, 0) is 9.53 Å². The highest BCUT2D eigenvalue weighted by Gasteiger charge is 2.47. The molecule has 0 aliphatic carbocycles. The lowest BCUT2D eigenvalue weighted by Crippen LogP contribution is -2.42. The molecule has 0 radical (unpaired) electrons. The maximum atomic E-state index is 13.2. The van der Waals surface area contributed by atoms with Crippen LogP contribution in [0.15, 0.2) is 0 Å². The van der Waals surface area contributed by atoms with E-state index in [1.807, 2.05) is 0 Å². The molecular weight excluding hydrogens is 240 g/mol. The molecule has 0 N–H and O–H groups in total. The highest BCUT2D eigenvalue weighted by atomic mass is 35.5. The van der Waals surface area contributed by atoms with Gasteiger partial charge in [0.2, 0.25) is 5.91 Å². The lowest BCUT2D eigenvalue weighted by atomic mass is 10.2. The number of rotatable bonds is 4. The van der Waals surface area contributed by atoms with E-state index < -0.39 is 29.8 Å². The molecule has 0 saturated carbocycles. The van der Waals surface area contributed by atoms with E-state index >= 15 is 0 Å². The number of hydrogen-bond donors (Lipinski definition) is 0. The molecule has 1 saturated heterocycles. The molecule has 6 heteroatoms. The largest absolute Gasteiger partial charge is 0.380 e. The molecule has 3 nitrogen and oxygen atoms in total. The third kappa shape index (κ3) is 3.28. The first kappa shape index (κ1) is 13.6. The van der Waals surface area contributed by atoms with Crippen molar-refractivity contribution in [3.63, 3.8) is 0 Å². The van der Waals surface area contributed by atoms with Gasteiger partial charge in [0.15, 0.2) is 0 Å². The molecule has 0 spiro atoms. The Hall–Kier alpha value is -0.420. The second-order valence-electron chi connectivity index (χ2n) is 3.96. The minimum Gasteiger partial charge on any atom is -0.380 e. The van der Waals surface area contributed by atoms with Gasteiger partial charge in [-0.1, -0.05) is 0 Å².